The SMILES string of the molecule is CCCCCC1CC[SiH](c2ccc(C#N)cc2)CC1. The molecule has 0 aromatic heterocycles. The van der Waals surface area contributed by atoms with Gasteiger partial charge in [-0.2, -0.15) is 5.26 Å². The van der Waals surface area contributed by atoms with Gasteiger partial charge in [-0.15, -0.1) is 0 Å². The molecule has 0 bridgehead atoms. The molecule has 0 atom stereocenters. The highest BCUT2D eigenvalue weighted by atomic mass is 28.3. The summed E-state index contributed by atoms with van der Waals surface area (Å²) in [5.74, 6) is 1.01. The highest BCUT2D eigenvalue weighted by Gasteiger charge is 2.23. The van der Waals surface area contributed by atoms with E-state index in [0.717, 1.165) is 11.5 Å². The first-order valence-corrected chi connectivity index (χ1v) is 10.0. The van der Waals surface area contributed by atoms with Crippen LogP contribution in [-0.4, -0.2) is 8.80 Å². The van der Waals surface area contributed by atoms with Crippen LogP contribution in [0.5, 0.6) is 0 Å². The third-order valence-corrected chi connectivity index (χ3v) is 7.96. The first-order valence-electron chi connectivity index (χ1n) is 7.83. The molecule has 1 aromatic rings. The highest BCUT2D eigenvalue weighted by molar-refractivity contribution is 6.73. The second kappa shape index (κ2) is 7.50. The molecule has 0 N–H and O–H groups in total. The van der Waals surface area contributed by atoms with Crippen LogP contribution >= 0.6 is 0 Å². The molecule has 1 aromatic carbocycles. The van der Waals surface area contributed by atoms with Crippen LogP contribution in [0.3, 0.4) is 0 Å². The molecule has 1 nitrogen and oxygen atoms in total. The third kappa shape index (κ3) is 4.21. The molecular weight excluding hydrogens is 246 g/mol. The second-order valence-corrected chi connectivity index (χ2v) is 9.16. The molecule has 102 valence electrons. The predicted octanol–water partition coefficient (Wildman–Crippen LogP) is 3.98. The van der Waals surface area contributed by atoms with Crippen molar-refractivity contribution >= 4 is 14.0 Å². The minimum Gasteiger partial charge on any atom is -0.192 e. The first-order chi connectivity index (χ1) is 9.33. The van der Waals surface area contributed by atoms with Gasteiger partial charge in [0.05, 0.1) is 20.4 Å². The van der Waals surface area contributed by atoms with Gasteiger partial charge in [0.15, 0.2) is 0 Å². The Bertz CT molecular complexity index is 410. The van der Waals surface area contributed by atoms with Gasteiger partial charge in [-0.25, -0.2) is 0 Å². The number of benzene rings is 1. The maximum atomic E-state index is 8.84. The van der Waals surface area contributed by atoms with Crippen molar-refractivity contribution in [1.29, 1.82) is 5.26 Å². The first kappa shape index (κ1) is 14.3. The van der Waals surface area contributed by atoms with E-state index >= 15 is 0 Å². The van der Waals surface area contributed by atoms with Gasteiger partial charge < -0.3 is 0 Å². The van der Waals surface area contributed by atoms with Crippen LogP contribution in [0, 0.1) is 17.2 Å². The lowest BCUT2D eigenvalue weighted by Gasteiger charge is -2.27. The topological polar surface area (TPSA) is 23.8 Å². The molecular formula is C17H25NSi. The molecule has 1 fully saturated rings. The molecule has 0 radical (unpaired) electrons. The highest BCUT2D eigenvalue weighted by Crippen LogP contribution is 2.29. The van der Waals surface area contributed by atoms with Gasteiger partial charge in [-0.3, -0.25) is 0 Å². The standard InChI is InChI=1S/C17H25NSi/c1-2-3-4-5-15-10-12-19(13-11-15)17-8-6-16(14-18)7-9-17/h6-9,15,19H,2-5,10-13H2,1H3. The van der Waals surface area contributed by atoms with Gasteiger partial charge in [0.2, 0.25) is 0 Å². The molecule has 2 heteroatoms. The molecule has 0 spiro atoms. The summed E-state index contributed by atoms with van der Waals surface area (Å²) in [6.45, 7) is 2.29. The molecule has 0 unspecified atom stereocenters. The van der Waals surface area contributed by atoms with Crippen LogP contribution in [-0.2, 0) is 0 Å². The summed E-state index contributed by atoms with van der Waals surface area (Å²) < 4.78 is 0. The summed E-state index contributed by atoms with van der Waals surface area (Å²) in [5.41, 5.74) is 0.797. The van der Waals surface area contributed by atoms with Crippen molar-refractivity contribution in [3.8, 4) is 6.07 Å². The number of rotatable bonds is 5. The Hall–Kier alpha value is -1.07. The Morgan fingerprint density at radius 2 is 1.84 bits per heavy atom. The summed E-state index contributed by atoms with van der Waals surface area (Å²) in [4.78, 5) is 0. The number of nitriles is 1. The van der Waals surface area contributed by atoms with Gasteiger partial charge in [-0.05, 0) is 18.1 Å². The smallest absolute Gasteiger partial charge is 0.0991 e. The van der Waals surface area contributed by atoms with Gasteiger partial charge >= 0.3 is 0 Å². The van der Waals surface area contributed by atoms with Crippen LogP contribution in [0.25, 0.3) is 0 Å². The van der Waals surface area contributed by atoms with Crippen LogP contribution in [0.4, 0.5) is 0 Å². The largest absolute Gasteiger partial charge is 0.192 e. The molecule has 0 aliphatic carbocycles. The molecule has 1 aliphatic rings. The van der Waals surface area contributed by atoms with Crippen molar-refractivity contribution in [3.05, 3.63) is 29.8 Å². The normalized spacial score (nSPS) is 22.9. The third-order valence-electron chi connectivity index (χ3n) is 4.57. The fourth-order valence-corrected chi connectivity index (χ4v) is 6.74. The number of nitrogens with zero attached hydrogens (tertiary/aromatic N) is 1. The zero-order valence-corrected chi connectivity index (χ0v) is 13.2. The van der Waals surface area contributed by atoms with E-state index in [4.69, 9.17) is 5.26 Å². The number of hydrogen-bond acceptors (Lipinski definition) is 1. The van der Waals surface area contributed by atoms with Crippen molar-refractivity contribution in [2.45, 2.75) is 57.5 Å². The summed E-state index contributed by atoms with van der Waals surface area (Å²) >= 11 is 0. The summed E-state index contributed by atoms with van der Waals surface area (Å²) in [5, 5.41) is 10.4. The average Bonchev–Trinajstić information content (AvgIpc) is 2.48. The zero-order valence-electron chi connectivity index (χ0n) is 12.1. The Morgan fingerprint density at radius 1 is 1.16 bits per heavy atom. The fourth-order valence-electron chi connectivity index (χ4n) is 3.30. The Kier molecular flexibility index (Phi) is 5.66. The number of hydrogen-bond donors (Lipinski definition) is 0. The van der Waals surface area contributed by atoms with Crippen LogP contribution < -0.4 is 5.19 Å². The van der Waals surface area contributed by atoms with E-state index < -0.39 is 8.80 Å². The summed E-state index contributed by atoms with van der Waals surface area (Å²) in [6, 6.07) is 13.6. The maximum Gasteiger partial charge on any atom is 0.0991 e. The molecule has 0 saturated carbocycles. The monoisotopic (exact) mass is 271 g/mol. The lowest BCUT2D eigenvalue weighted by atomic mass is 9.96. The van der Waals surface area contributed by atoms with Crippen molar-refractivity contribution in [2.75, 3.05) is 0 Å². The Morgan fingerprint density at radius 3 is 2.42 bits per heavy atom. The van der Waals surface area contributed by atoms with E-state index in [0.29, 0.717) is 0 Å². The van der Waals surface area contributed by atoms with Crippen molar-refractivity contribution < 1.29 is 0 Å². The Labute approximate surface area is 119 Å². The predicted molar refractivity (Wildman–Crippen MR) is 84.4 cm³/mol. The van der Waals surface area contributed by atoms with Gasteiger partial charge in [0.25, 0.3) is 0 Å². The van der Waals surface area contributed by atoms with E-state index in [1.165, 1.54) is 50.6 Å². The van der Waals surface area contributed by atoms with Gasteiger partial charge in [0, 0.05) is 0 Å². The van der Waals surface area contributed by atoms with Crippen molar-refractivity contribution in [1.82, 2.24) is 0 Å². The lowest BCUT2D eigenvalue weighted by Crippen LogP contribution is -2.33. The van der Waals surface area contributed by atoms with E-state index in [1.54, 1.807) is 5.19 Å². The molecule has 2 rings (SSSR count). The summed E-state index contributed by atoms with van der Waals surface area (Å²) in [6.07, 6.45) is 8.57. The minimum atomic E-state index is -0.705. The average molecular weight is 271 g/mol. The maximum absolute atomic E-state index is 8.84. The zero-order chi connectivity index (χ0) is 13.5. The van der Waals surface area contributed by atoms with Gasteiger partial charge in [0.1, 0.15) is 0 Å². The van der Waals surface area contributed by atoms with Crippen LogP contribution in [0.15, 0.2) is 24.3 Å². The lowest BCUT2D eigenvalue weighted by molar-refractivity contribution is 0.418. The van der Waals surface area contributed by atoms with Crippen LogP contribution in [0.1, 0.15) is 51.0 Å². The molecule has 19 heavy (non-hydrogen) atoms. The van der Waals surface area contributed by atoms with Crippen molar-refractivity contribution in [3.63, 3.8) is 0 Å². The number of unbranched alkanes of at least 4 members (excludes halogenated alkanes) is 2. The molecule has 0 amide bonds. The van der Waals surface area contributed by atoms with E-state index in [2.05, 4.69) is 25.1 Å². The summed E-state index contributed by atoms with van der Waals surface area (Å²) in [7, 11) is -0.705. The van der Waals surface area contributed by atoms with E-state index in [-0.39, 0.29) is 0 Å². The quantitative estimate of drug-likeness (QED) is 0.587. The van der Waals surface area contributed by atoms with E-state index in [9.17, 15) is 0 Å². The van der Waals surface area contributed by atoms with Gasteiger partial charge in [-0.1, -0.05) is 74.9 Å². The minimum absolute atomic E-state index is 0.705. The molecule has 1 aliphatic heterocycles. The van der Waals surface area contributed by atoms with E-state index in [1.807, 2.05) is 12.1 Å². The fraction of sp³-hybridized carbons (Fsp3) is 0.588. The second-order valence-electron chi connectivity index (χ2n) is 5.95. The Balaban J connectivity index is 1.80. The molecule has 1 saturated heterocycles. The molecule has 1 heterocycles. The van der Waals surface area contributed by atoms with Crippen LogP contribution in [0.2, 0.25) is 12.1 Å². The van der Waals surface area contributed by atoms with Crippen molar-refractivity contribution in [2.24, 2.45) is 5.92 Å².